The van der Waals surface area contributed by atoms with E-state index in [2.05, 4.69) is 0 Å². The molecule has 6 nitrogen and oxygen atoms in total. The smallest absolute Gasteiger partial charge is 0.338 e. The van der Waals surface area contributed by atoms with E-state index in [4.69, 9.17) is 22.1 Å². The maximum Gasteiger partial charge on any atom is 0.338 e. The van der Waals surface area contributed by atoms with Gasteiger partial charge in [0.05, 0.1) is 22.6 Å². The quantitative estimate of drug-likeness (QED) is 0.610. The van der Waals surface area contributed by atoms with Crippen molar-refractivity contribution < 1.29 is 28.9 Å². The van der Waals surface area contributed by atoms with Gasteiger partial charge in [0.15, 0.2) is 0 Å². The van der Waals surface area contributed by atoms with Crippen LogP contribution in [-0.2, 0) is 14.2 Å². The van der Waals surface area contributed by atoms with Gasteiger partial charge in [0.1, 0.15) is 27.2 Å². The zero-order valence-corrected chi connectivity index (χ0v) is 15.5. The molecule has 2 unspecified atom stereocenters. The van der Waals surface area contributed by atoms with Gasteiger partial charge in [0, 0.05) is 6.00 Å². The molecule has 3 rings (SSSR count). The molecule has 2 aromatic carbocycles. The van der Waals surface area contributed by atoms with Gasteiger partial charge in [0.25, 0.3) is 0 Å². The maximum absolute atomic E-state index is 12.2. The van der Waals surface area contributed by atoms with Crippen LogP contribution in [0.25, 0.3) is 0 Å². The van der Waals surface area contributed by atoms with Crippen LogP contribution >= 0.6 is 0 Å². The molecule has 1 aliphatic rings. The van der Waals surface area contributed by atoms with Crippen LogP contribution in [0.4, 0.5) is 0 Å². The van der Waals surface area contributed by atoms with E-state index in [1.54, 1.807) is 67.6 Å². The monoisotopic (exact) mass is 380 g/mol. The Kier molecular flexibility index (Phi) is 6.16. The van der Waals surface area contributed by atoms with E-state index < -0.39 is 35.6 Å². The van der Waals surface area contributed by atoms with Crippen molar-refractivity contribution in [3.63, 3.8) is 0 Å². The van der Waals surface area contributed by atoms with Crippen molar-refractivity contribution in [1.29, 1.82) is 0 Å². The molecule has 1 N–H and O–H groups in total. The molecular formula is C21H21BO6. The van der Waals surface area contributed by atoms with Crippen LogP contribution in [0.15, 0.2) is 60.7 Å². The van der Waals surface area contributed by atoms with Crippen molar-refractivity contribution >= 4 is 19.8 Å². The summed E-state index contributed by atoms with van der Waals surface area (Å²) in [6, 6.07) is 16.1. The van der Waals surface area contributed by atoms with Crippen LogP contribution in [0.3, 0.4) is 0 Å². The lowest BCUT2D eigenvalue weighted by atomic mass is 9.76. The summed E-state index contributed by atoms with van der Waals surface area (Å²) < 4.78 is 16.3. The number of hydrogen-bond donors (Lipinski definition) is 1. The van der Waals surface area contributed by atoms with E-state index in [1.165, 1.54) is 0 Å². The minimum Gasteiger partial charge on any atom is -0.461 e. The largest absolute Gasteiger partial charge is 0.461 e. The van der Waals surface area contributed by atoms with Gasteiger partial charge < -0.3 is 19.3 Å². The molecular weight excluding hydrogens is 359 g/mol. The second kappa shape index (κ2) is 8.58. The summed E-state index contributed by atoms with van der Waals surface area (Å²) in [4.78, 5) is 24.4. The van der Waals surface area contributed by atoms with Crippen LogP contribution in [-0.4, -0.2) is 56.3 Å². The summed E-state index contributed by atoms with van der Waals surface area (Å²) in [6.45, 7) is 1.42. The van der Waals surface area contributed by atoms with Crippen molar-refractivity contribution in [2.24, 2.45) is 5.41 Å². The molecule has 0 spiro atoms. The molecule has 28 heavy (non-hydrogen) atoms. The molecule has 2 radical (unpaired) electrons. The highest BCUT2D eigenvalue weighted by molar-refractivity contribution is 6.11. The Morgan fingerprint density at radius 1 is 1.00 bits per heavy atom. The summed E-state index contributed by atoms with van der Waals surface area (Å²) in [5.41, 5.74) is -0.223. The van der Waals surface area contributed by atoms with Crippen LogP contribution in [0, 0.1) is 5.41 Å². The third kappa shape index (κ3) is 4.26. The van der Waals surface area contributed by atoms with E-state index in [0.29, 0.717) is 11.1 Å². The zero-order valence-electron chi connectivity index (χ0n) is 15.5. The first kappa shape index (κ1) is 20.1. The van der Waals surface area contributed by atoms with Crippen molar-refractivity contribution in [2.45, 2.75) is 25.1 Å². The molecule has 0 aromatic heterocycles. The van der Waals surface area contributed by atoms with Crippen LogP contribution < -0.4 is 0 Å². The van der Waals surface area contributed by atoms with E-state index >= 15 is 0 Å². The lowest BCUT2D eigenvalue weighted by molar-refractivity contribution is -0.0475. The third-order valence-electron chi connectivity index (χ3n) is 4.94. The van der Waals surface area contributed by atoms with E-state index in [1.807, 2.05) is 0 Å². The summed E-state index contributed by atoms with van der Waals surface area (Å²) >= 11 is 0. The highest BCUT2D eigenvalue weighted by atomic mass is 16.6. The second-order valence-corrected chi connectivity index (χ2v) is 6.95. The van der Waals surface area contributed by atoms with Gasteiger partial charge in [-0.05, 0) is 24.3 Å². The van der Waals surface area contributed by atoms with Crippen LogP contribution in [0.1, 0.15) is 27.6 Å². The summed E-state index contributed by atoms with van der Waals surface area (Å²) in [6.07, 6.45) is -1.81. The van der Waals surface area contributed by atoms with Gasteiger partial charge in [-0.3, -0.25) is 0 Å². The standard InChI is InChI=1S/C21H21BO6/c1-21(13-27-20(25)15-10-6-3-7-11-15)16(28-18(22)17(21)23)12-26-19(24)14-8-4-2-5-9-14/h2-11,16-18,23H,12-13H2,1H3/t16?,17?,18-,21+/m0/s1. The fraction of sp³-hybridized carbons (Fsp3) is 0.333. The van der Waals surface area contributed by atoms with Gasteiger partial charge in [-0.2, -0.15) is 0 Å². The first-order valence-corrected chi connectivity index (χ1v) is 8.95. The fourth-order valence-electron chi connectivity index (χ4n) is 3.08. The topological polar surface area (TPSA) is 82.1 Å². The Hall–Kier alpha value is -2.64. The Bertz CT molecular complexity index is 812. The zero-order chi connectivity index (χ0) is 20.1. The number of aliphatic hydroxyl groups is 1. The second-order valence-electron chi connectivity index (χ2n) is 6.95. The molecule has 7 heteroatoms. The molecule has 1 saturated heterocycles. The number of benzene rings is 2. The van der Waals surface area contributed by atoms with Gasteiger partial charge in [0.2, 0.25) is 0 Å². The number of rotatable bonds is 6. The molecule has 0 amide bonds. The Labute approximate surface area is 164 Å². The van der Waals surface area contributed by atoms with Gasteiger partial charge in [-0.25, -0.2) is 9.59 Å². The predicted octanol–water partition coefficient (Wildman–Crippen LogP) is 1.96. The summed E-state index contributed by atoms with van der Waals surface area (Å²) in [5.74, 6) is -1.03. The normalized spacial score (nSPS) is 26.6. The van der Waals surface area contributed by atoms with Crippen molar-refractivity contribution in [3.8, 4) is 0 Å². The number of ether oxygens (including phenoxy) is 3. The molecule has 144 valence electrons. The molecule has 1 fully saturated rings. The number of carbonyl (C=O) groups excluding carboxylic acids is 2. The first-order chi connectivity index (χ1) is 13.4. The predicted molar refractivity (Wildman–Crippen MR) is 102 cm³/mol. The lowest BCUT2D eigenvalue weighted by Crippen LogP contribution is -2.45. The molecule has 0 aliphatic carbocycles. The molecule has 0 bridgehead atoms. The van der Waals surface area contributed by atoms with Gasteiger partial charge >= 0.3 is 11.9 Å². The molecule has 2 aromatic rings. The van der Waals surface area contributed by atoms with Crippen molar-refractivity contribution in [2.75, 3.05) is 13.2 Å². The maximum atomic E-state index is 12.2. The SMILES string of the molecule is [B][C@H]1OC(COC(=O)c2ccccc2)[C@@](C)(COC(=O)c2ccccc2)C1O. The molecule has 1 heterocycles. The highest BCUT2D eigenvalue weighted by Crippen LogP contribution is 2.38. The molecule has 0 saturated carbocycles. The number of esters is 2. The minimum atomic E-state index is -1.09. The fourth-order valence-corrected chi connectivity index (χ4v) is 3.08. The first-order valence-electron chi connectivity index (χ1n) is 8.95. The average Bonchev–Trinajstić information content (AvgIpc) is 2.95. The van der Waals surface area contributed by atoms with Gasteiger partial charge in [-0.1, -0.05) is 43.3 Å². The van der Waals surface area contributed by atoms with Crippen molar-refractivity contribution in [1.82, 2.24) is 0 Å². The van der Waals surface area contributed by atoms with E-state index in [0.717, 1.165) is 0 Å². The summed E-state index contributed by atoms with van der Waals surface area (Å²) in [5, 5.41) is 10.5. The highest BCUT2D eigenvalue weighted by Gasteiger charge is 2.52. The van der Waals surface area contributed by atoms with Gasteiger partial charge in [-0.15, -0.1) is 0 Å². The molecule has 1 aliphatic heterocycles. The van der Waals surface area contributed by atoms with Crippen molar-refractivity contribution in [3.05, 3.63) is 71.8 Å². The Morgan fingerprint density at radius 2 is 1.50 bits per heavy atom. The minimum absolute atomic E-state index is 0.127. The van der Waals surface area contributed by atoms with E-state index in [-0.39, 0.29) is 13.2 Å². The Balaban J connectivity index is 1.64. The third-order valence-corrected chi connectivity index (χ3v) is 4.94. The number of hydrogen-bond acceptors (Lipinski definition) is 6. The molecule has 4 atom stereocenters. The lowest BCUT2D eigenvalue weighted by Gasteiger charge is -2.31. The van der Waals surface area contributed by atoms with E-state index in [9.17, 15) is 14.7 Å². The summed E-state index contributed by atoms with van der Waals surface area (Å²) in [7, 11) is 5.83. The number of carbonyl (C=O) groups is 2. The Morgan fingerprint density at radius 3 is 2.04 bits per heavy atom. The van der Waals surface area contributed by atoms with Crippen LogP contribution in [0.2, 0.25) is 0 Å². The average molecular weight is 380 g/mol. The number of aliphatic hydroxyl groups excluding tert-OH is 1. The van der Waals surface area contributed by atoms with Crippen LogP contribution in [0.5, 0.6) is 0 Å².